The van der Waals surface area contributed by atoms with Crippen molar-refractivity contribution in [1.82, 2.24) is 10.1 Å². The number of carbonyl (C=O) groups is 1. The Bertz CT molecular complexity index is 1440. The van der Waals surface area contributed by atoms with Crippen LogP contribution in [0.25, 0.3) is 11.1 Å². The summed E-state index contributed by atoms with van der Waals surface area (Å²) in [6.45, 7) is 13.8. The molecule has 0 bridgehead atoms. The molecule has 2 aliphatic carbocycles. The van der Waals surface area contributed by atoms with Gasteiger partial charge in [-0.2, -0.15) is 0 Å². The molecule has 1 N–H and O–H groups in total. The molecule has 2 saturated carbocycles. The Hall–Kier alpha value is -3.03. The van der Waals surface area contributed by atoms with Crippen LogP contribution in [0.4, 0.5) is 5.82 Å². The molecule has 0 spiro atoms. The molecule has 3 aromatic rings. The highest BCUT2D eigenvalue weighted by Gasteiger charge is 2.38. The van der Waals surface area contributed by atoms with Gasteiger partial charge in [0.15, 0.2) is 5.82 Å². The number of benzene rings is 2. The molecule has 2 aliphatic rings. The average molecular weight is 616 g/mol. The molecule has 0 unspecified atom stereocenters. The number of allylic oxidation sites excluding steroid dienone is 1. The predicted octanol–water partition coefficient (Wildman–Crippen LogP) is 10.1. The summed E-state index contributed by atoms with van der Waals surface area (Å²) in [7, 11) is 0. The van der Waals surface area contributed by atoms with Crippen molar-refractivity contribution in [2.75, 3.05) is 4.72 Å². The summed E-state index contributed by atoms with van der Waals surface area (Å²) >= 11 is 1.54. The van der Waals surface area contributed by atoms with Crippen LogP contribution in [0.2, 0.25) is 0 Å². The Kier molecular flexibility index (Phi) is 10.9. The minimum absolute atomic E-state index is 0.237. The number of hydrogen-bond acceptors (Lipinski definition) is 6. The van der Waals surface area contributed by atoms with Crippen LogP contribution >= 0.6 is 11.9 Å². The van der Waals surface area contributed by atoms with Gasteiger partial charge in [0.2, 0.25) is 5.91 Å². The van der Waals surface area contributed by atoms with Crippen LogP contribution in [0, 0.1) is 19.3 Å². The van der Waals surface area contributed by atoms with Crippen molar-refractivity contribution in [3.8, 4) is 11.1 Å². The highest BCUT2D eigenvalue weighted by atomic mass is 32.2. The van der Waals surface area contributed by atoms with Gasteiger partial charge in [-0.25, -0.2) is 0 Å². The normalized spacial score (nSPS) is 16.4. The Morgan fingerprint density at radius 1 is 1.11 bits per heavy atom. The second-order valence-corrected chi connectivity index (χ2v) is 13.8. The first-order valence-corrected chi connectivity index (χ1v) is 17.3. The van der Waals surface area contributed by atoms with Gasteiger partial charge < -0.3 is 18.9 Å². The van der Waals surface area contributed by atoms with Crippen molar-refractivity contribution in [3.05, 3.63) is 77.2 Å². The molecule has 6 nitrogen and oxygen atoms in total. The average Bonchev–Trinajstić information content (AvgIpc) is 3.33. The maximum atomic E-state index is 14.1. The summed E-state index contributed by atoms with van der Waals surface area (Å²) < 4.78 is 15.1. The van der Waals surface area contributed by atoms with Crippen molar-refractivity contribution < 1.29 is 14.1 Å². The number of nitrogens with zero attached hydrogens (tertiary/aromatic N) is 2. The Morgan fingerprint density at radius 2 is 1.89 bits per heavy atom. The van der Waals surface area contributed by atoms with Crippen LogP contribution in [0.1, 0.15) is 107 Å². The zero-order chi connectivity index (χ0) is 31.1. The van der Waals surface area contributed by atoms with Crippen molar-refractivity contribution in [2.45, 2.75) is 122 Å². The number of ether oxygens (including phenoxy) is 1. The number of hydrogen-bond donors (Lipinski definition) is 1. The van der Waals surface area contributed by atoms with E-state index < -0.39 is 0 Å². The standard InChI is InChI=1S/C37H49N3O3S/c1-6-7-14-26(2)40(36(41)37(5)21-11-8-12-22-37)24-29-19-20-32(30(23-29)25-42-31-15-13-16-31)33-17-9-10-18-34(33)44-39-35-27(3)28(4)43-38-35/h9-10,17-20,23,31H,2,6-8,11-16,21-22,24-25H2,1,3-5H3,(H,38,39). The van der Waals surface area contributed by atoms with Gasteiger partial charge in [-0.15, -0.1) is 0 Å². The fraction of sp³-hybridized carbons (Fsp3) is 0.514. The first-order chi connectivity index (χ1) is 21.3. The molecular formula is C37H49N3O3S. The van der Waals surface area contributed by atoms with E-state index >= 15 is 0 Å². The molecule has 0 atom stereocenters. The third-order valence-corrected chi connectivity index (χ3v) is 10.4. The number of amides is 1. The zero-order valence-electron chi connectivity index (χ0n) is 27.0. The van der Waals surface area contributed by atoms with E-state index in [0.717, 1.165) is 108 Å². The number of rotatable bonds is 14. The van der Waals surface area contributed by atoms with Crippen LogP contribution in [-0.2, 0) is 22.7 Å². The lowest BCUT2D eigenvalue weighted by Crippen LogP contribution is -2.42. The lowest BCUT2D eigenvalue weighted by Gasteiger charge is -2.38. The molecule has 0 radical (unpaired) electrons. The van der Waals surface area contributed by atoms with Crippen molar-refractivity contribution >= 4 is 23.7 Å². The molecule has 0 saturated heterocycles. The quantitative estimate of drug-likeness (QED) is 0.182. The van der Waals surface area contributed by atoms with Gasteiger partial charge in [-0.05, 0) is 99.1 Å². The van der Waals surface area contributed by atoms with Crippen molar-refractivity contribution in [2.24, 2.45) is 5.41 Å². The number of nitrogens with one attached hydrogen (secondary N) is 1. The summed E-state index contributed by atoms with van der Waals surface area (Å²) in [5, 5.41) is 4.17. The van der Waals surface area contributed by atoms with Gasteiger partial charge in [-0.3, -0.25) is 4.79 Å². The number of aryl methyl sites for hydroxylation is 1. The number of carbonyl (C=O) groups excluding carboxylic acids is 1. The van der Waals surface area contributed by atoms with Gasteiger partial charge in [0.25, 0.3) is 0 Å². The molecule has 2 fully saturated rings. The van der Waals surface area contributed by atoms with Gasteiger partial charge >= 0.3 is 0 Å². The maximum absolute atomic E-state index is 14.1. The summed E-state index contributed by atoms with van der Waals surface area (Å²) in [6, 6.07) is 15.1. The lowest BCUT2D eigenvalue weighted by atomic mass is 9.74. The predicted molar refractivity (Wildman–Crippen MR) is 180 cm³/mol. The topological polar surface area (TPSA) is 67.6 Å². The van der Waals surface area contributed by atoms with Crippen LogP contribution in [-0.4, -0.2) is 22.1 Å². The van der Waals surface area contributed by atoms with Crippen LogP contribution < -0.4 is 4.72 Å². The van der Waals surface area contributed by atoms with E-state index in [1.165, 1.54) is 24.8 Å². The molecule has 5 rings (SSSR count). The van der Waals surface area contributed by atoms with E-state index in [4.69, 9.17) is 9.26 Å². The van der Waals surface area contributed by atoms with E-state index in [1.54, 1.807) is 0 Å². The van der Waals surface area contributed by atoms with Gasteiger partial charge in [-0.1, -0.05) is 87.7 Å². The van der Waals surface area contributed by atoms with E-state index in [-0.39, 0.29) is 11.3 Å². The third kappa shape index (κ3) is 7.60. The molecule has 1 heterocycles. The summed E-state index contributed by atoms with van der Waals surface area (Å²) in [5.74, 6) is 1.79. The minimum Gasteiger partial charge on any atom is -0.374 e. The van der Waals surface area contributed by atoms with Gasteiger partial charge in [0.1, 0.15) is 5.76 Å². The van der Waals surface area contributed by atoms with Crippen molar-refractivity contribution in [1.29, 1.82) is 0 Å². The van der Waals surface area contributed by atoms with E-state index in [2.05, 4.69) is 72.8 Å². The molecule has 1 aromatic heterocycles. The van der Waals surface area contributed by atoms with Crippen LogP contribution in [0.15, 0.2) is 64.2 Å². The monoisotopic (exact) mass is 615 g/mol. The molecule has 2 aromatic carbocycles. The first kappa shape index (κ1) is 32.4. The van der Waals surface area contributed by atoms with Crippen molar-refractivity contribution in [3.63, 3.8) is 0 Å². The smallest absolute Gasteiger partial charge is 0.232 e. The Morgan fingerprint density at radius 3 is 2.57 bits per heavy atom. The largest absolute Gasteiger partial charge is 0.374 e. The first-order valence-electron chi connectivity index (χ1n) is 16.5. The number of aromatic nitrogens is 1. The van der Waals surface area contributed by atoms with Gasteiger partial charge in [0.05, 0.1) is 19.3 Å². The zero-order valence-corrected chi connectivity index (χ0v) is 27.9. The second kappa shape index (κ2) is 14.8. The van der Waals surface area contributed by atoms with E-state index in [1.807, 2.05) is 18.7 Å². The van der Waals surface area contributed by atoms with Gasteiger partial charge in [0, 0.05) is 21.6 Å². The third-order valence-electron chi connectivity index (χ3n) is 9.55. The van der Waals surface area contributed by atoms with E-state index in [9.17, 15) is 4.79 Å². The Balaban J connectivity index is 1.44. The highest BCUT2D eigenvalue weighted by molar-refractivity contribution is 8.00. The lowest BCUT2D eigenvalue weighted by molar-refractivity contribution is -0.141. The SMILES string of the molecule is C=C(CCCC)N(Cc1ccc(-c2ccccc2SNc2noc(C)c2C)c(COC2CCC2)c1)C(=O)C1(C)CCCCC1. The molecule has 7 heteroatoms. The number of anilines is 1. The maximum Gasteiger partial charge on any atom is 0.232 e. The fourth-order valence-electron chi connectivity index (χ4n) is 6.16. The molecule has 236 valence electrons. The summed E-state index contributed by atoms with van der Waals surface area (Å²) in [5.41, 5.74) is 6.18. The van der Waals surface area contributed by atoms with Crippen LogP contribution in [0.3, 0.4) is 0 Å². The fourth-order valence-corrected chi connectivity index (χ4v) is 7.00. The minimum atomic E-state index is -0.312. The summed E-state index contributed by atoms with van der Waals surface area (Å²) in [6.07, 6.45) is 12.2. The van der Waals surface area contributed by atoms with E-state index in [0.29, 0.717) is 19.3 Å². The molecular weight excluding hydrogens is 566 g/mol. The molecule has 1 amide bonds. The summed E-state index contributed by atoms with van der Waals surface area (Å²) in [4.78, 5) is 17.2. The highest BCUT2D eigenvalue weighted by Crippen LogP contribution is 2.40. The molecule has 44 heavy (non-hydrogen) atoms. The second-order valence-electron chi connectivity index (χ2n) is 13.0. The Labute approximate surface area is 268 Å². The molecule has 0 aliphatic heterocycles. The number of unbranched alkanes of at least 4 members (excludes halogenated alkanes) is 1. The van der Waals surface area contributed by atoms with Crippen LogP contribution in [0.5, 0.6) is 0 Å².